The first-order valence-corrected chi connectivity index (χ1v) is 8.44. The summed E-state index contributed by atoms with van der Waals surface area (Å²) in [7, 11) is 0. The molecule has 0 unspecified atom stereocenters. The van der Waals surface area contributed by atoms with Crippen LogP contribution in [0.25, 0.3) is 0 Å². The van der Waals surface area contributed by atoms with Crippen LogP contribution in [0.2, 0.25) is 0 Å². The molecule has 0 bridgehead atoms. The first kappa shape index (κ1) is 18.6. The van der Waals surface area contributed by atoms with Crippen molar-refractivity contribution in [1.29, 1.82) is 0 Å². The third-order valence-corrected chi connectivity index (χ3v) is 4.68. The van der Waals surface area contributed by atoms with Gasteiger partial charge in [-0.15, -0.1) is 0 Å². The number of likely N-dealkylation sites (tertiary alicyclic amines) is 1. The molecule has 24 heavy (non-hydrogen) atoms. The second-order valence-electron chi connectivity index (χ2n) is 6.27. The average Bonchev–Trinajstić information content (AvgIpc) is 2.61. The van der Waals surface area contributed by atoms with E-state index in [2.05, 4.69) is 4.98 Å². The van der Waals surface area contributed by atoms with Crippen LogP contribution in [0.15, 0.2) is 18.3 Å². The van der Waals surface area contributed by atoms with Crippen molar-refractivity contribution in [2.24, 2.45) is 11.1 Å². The van der Waals surface area contributed by atoms with E-state index in [1.165, 1.54) is 6.20 Å². The van der Waals surface area contributed by atoms with E-state index in [1.54, 1.807) is 17.0 Å². The van der Waals surface area contributed by atoms with Crippen molar-refractivity contribution in [2.75, 3.05) is 32.8 Å². The Balaban J connectivity index is 2.12. The number of rotatable bonds is 7. The zero-order valence-electron chi connectivity index (χ0n) is 14.1. The number of nitrogens with two attached hydrogens (primary N) is 1. The van der Waals surface area contributed by atoms with Gasteiger partial charge in [-0.1, -0.05) is 13.3 Å². The topological polar surface area (TPSA) is 109 Å². The van der Waals surface area contributed by atoms with Crippen molar-refractivity contribution in [1.82, 2.24) is 9.88 Å². The van der Waals surface area contributed by atoms with Gasteiger partial charge in [0.2, 0.25) is 0 Å². The minimum Gasteiger partial charge on any atom is -0.490 e. The maximum absolute atomic E-state index is 12.8. The number of aromatic nitrogens is 1. The number of hydrogen-bond donors (Lipinski definition) is 3. The Bertz CT molecular complexity index is 554. The number of amides is 1. The first-order valence-electron chi connectivity index (χ1n) is 8.44. The number of piperidine rings is 1. The number of carbonyl (C=O) groups excluding carboxylic acids is 1. The molecule has 4 N–H and O–H groups in total. The molecule has 2 rings (SSSR count). The van der Waals surface area contributed by atoms with Crippen molar-refractivity contribution in [3.8, 4) is 5.75 Å². The normalized spacial score (nSPS) is 24.0. The fourth-order valence-electron chi connectivity index (χ4n) is 3.24. The minimum atomic E-state index is -0.753. The van der Waals surface area contributed by atoms with E-state index in [0.717, 1.165) is 12.8 Å². The molecule has 0 aromatic carbocycles. The second-order valence-corrected chi connectivity index (χ2v) is 6.27. The van der Waals surface area contributed by atoms with E-state index in [1.807, 2.05) is 6.92 Å². The lowest BCUT2D eigenvalue weighted by Gasteiger charge is -2.44. The highest BCUT2D eigenvalue weighted by molar-refractivity contribution is 5.95. The molecule has 7 heteroatoms. The van der Waals surface area contributed by atoms with E-state index in [-0.39, 0.29) is 24.8 Å². The van der Waals surface area contributed by atoms with E-state index in [4.69, 9.17) is 10.5 Å². The SMILES string of the molecule is CCC[C@]1(CO)CCN(C(=O)c2ncccc2OCCN)C[C@@H]1O. The number of nitrogens with zero attached hydrogens (tertiary/aromatic N) is 2. The van der Waals surface area contributed by atoms with Crippen LogP contribution in [0.5, 0.6) is 5.75 Å². The van der Waals surface area contributed by atoms with Crippen LogP contribution in [0.4, 0.5) is 0 Å². The molecule has 2 atom stereocenters. The highest BCUT2D eigenvalue weighted by Gasteiger charge is 2.42. The highest BCUT2D eigenvalue weighted by atomic mass is 16.5. The molecule has 1 aliphatic heterocycles. The predicted molar refractivity (Wildman–Crippen MR) is 89.7 cm³/mol. The number of ether oxygens (including phenoxy) is 1. The minimum absolute atomic E-state index is 0.0709. The van der Waals surface area contributed by atoms with Gasteiger partial charge in [-0.2, -0.15) is 0 Å². The Kier molecular flexibility index (Phi) is 6.53. The van der Waals surface area contributed by atoms with Gasteiger partial charge in [0.05, 0.1) is 12.7 Å². The molecular weight excluding hydrogens is 310 g/mol. The fraction of sp³-hybridized carbons (Fsp3) is 0.647. The molecule has 1 aromatic heterocycles. The zero-order valence-corrected chi connectivity index (χ0v) is 14.1. The summed E-state index contributed by atoms with van der Waals surface area (Å²) < 4.78 is 5.49. The molecule has 7 nitrogen and oxygen atoms in total. The standard InChI is InChI=1S/C17H27N3O4/c1-2-5-17(12-21)6-9-20(11-14(17)22)16(23)15-13(24-10-7-18)4-3-8-19-15/h3-4,8,14,21-22H,2,5-7,9-12,18H2,1H3/t14-,17+/m0/s1. The maximum Gasteiger partial charge on any atom is 0.276 e. The molecule has 0 aliphatic carbocycles. The number of aliphatic hydroxyl groups excluding tert-OH is 2. The van der Waals surface area contributed by atoms with Gasteiger partial charge in [0.25, 0.3) is 5.91 Å². The third kappa shape index (κ3) is 3.85. The van der Waals surface area contributed by atoms with E-state index < -0.39 is 11.5 Å². The van der Waals surface area contributed by atoms with Crippen LogP contribution in [-0.4, -0.2) is 65.0 Å². The van der Waals surface area contributed by atoms with Gasteiger partial charge >= 0.3 is 0 Å². The van der Waals surface area contributed by atoms with Crippen molar-refractivity contribution in [3.05, 3.63) is 24.0 Å². The molecule has 1 saturated heterocycles. The van der Waals surface area contributed by atoms with Crippen LogP contribution in [0.3, 0.4) is 0 Å². The Morgan fingerprint density at radius 1 is 1.58 bits per heavy atom. The molecule has 1 fully saturated rings. The lowest BCUT2D eigenvalue weighted by atomic mass is 9.73. The van der Waals surface area contributed by atoms with Crippen LogP contribution in [0.1, 0.15) is 36.7 Å². The average molecular weight is 337 g/mol. The molecule has 2 heterocycles. The lowest BCUT2D eigenvalue weighted by molar-refractivity contribution is -0.0714. The van der Waals surface area contributed by atoms with Crippen molar-refractivity contribution < 1.29 is 19.7 Å². The smallest absolute Gasteiger partial charge is 0.276 e. The maximum atomic E-state index is 12.8. The quantitative estimate of drug-likeness (QED) is 0.665. The fourth-order valence-corrected chi connectivity index (χ4v) is 3.24. The lowest BCUT2D eigenvalue weighted by Crippen LogP contribution is -2.54. The predicted octanol–water partition coefficient (Wildman–Crippen LogP) is 0.405. The van der Waals surface area contributed by atoms with Crippen LogP contribution in [0, 0.1) is 5.41 Å². The summed E-state index contributed by atoms with van der Waals surface area (Å²) in [5, 5.41) is 20.2. The summed E-state index contributed by atoms with van der Waals surface area (Å²) in [5.41, 5.74) is 5.15. The van der Waals surface area contributed by atoms with Gasteiger partial charge in [0.1, 0.15) is 6.61 Å². The van der Waals surface area contributed by atoms with Crippen molar-refractivity contribution in [2.45, 2.75) is 32.3 Å². The van der Waals surface area contributed by atoms with Crippen LogP contribution in [-0.2, 0) is 0 Å². The Morgan fingerprint density at radius 2 is 2.38 bits per heavy atom. The summed E-state index contributed by atoms with van der Waals surface area (Å²) in [6, 6.07) is 3.39. The third-order valence-electron chi connectivity index (χ3n) is 4.68. The molecule has 0 saturated carbocycles. The van der Waals surface area contributed by atoms with Crippen molar-refractivity contribution >= 4 is 5.91 Å². The molecule has 1 amide bonds. The van der Waals surface area contributed by atoms with E-state index >= 15 is 0 Å². The molecular formula is C17H27N3O4. The molecule has 0 radical (unpaired) electrons. The summed E-state index contributed by atoms with van der Waals surface area (Å²) >= 11 is 0. The molecule has 134 valence electrons. The summed E-state index contributed by atoms with van der Waals surface area (Å²) in [5.74, 6) is 0.125. The van der Waals surface area contributed by atoms with Gasteiger partial charge in [-0.25, -0.2) is 4.98 Å². The Labute approximate surface area is 142 Å². The summed E-state index contributed by atoms with van der Waals surface area (Å²) in [6.45, 7) is 3.27. The molecule has 0 spiro atoms. The van der Waals surface area contributed by atoms with Crippen molar-refractivity contribution in [3.63, 3.8) is 0 Å². The summed E-state index contributed by atoms with van der Waals surface area (Å²) in [6.07, 6.45) is 2.97. The van der Waals surface area contributed by atoms with Gasteiger partial charge in [0, 0.05) is 31.2 Å². The van der Waals surface area contributed by atoms with Gasteiger partial charge < -0.3 is 25.6 Å². The molecule has 1 aliphatic rings. The van der Waals surface area contributed by atoms with E-state index in [0.29, 0.717) is 31.9 Å². The number of pyridine rings is 1. The number of β-amino-alcohol motifs (C(OH)–C–C–N with tert-alkyl or cyclic N) is 1. The van der Waals surface area contributed by atoms with Crippen LogP contribution >= 0.6 is 0 Å². The highest BCUT2D eigenvalue weighted by Crippen LogP contribution is 2.36. The number of carbonyl (C=O) groups is 1. The summed E-state index contributed by atoms with van der Waals surface area (Å²) in [4.78, 5) is 18.5. The second kappa shape index (κ2) is 8.41. The number of hydrogen-bond acceptors (Lipinski definition) is 6. The zero-order chi connectivity index (χ0) is 17.6. The molecule has 1 aromatic rings. The Morgan fingerprint density at radius 3 is 3.00 bits per heavy atom. The number of aliphatic hydroxyl groups is 2. The van der Waals surface area contributed by atoms with Gasteiger partial charge in [-0.05, 0) is 25.0 Å². The largest absolute Gasteiger partial charge is 0.490 e. The Hall–Kier alpha value is -1.70. The monoisotopic (exact) mass is 337 g/mol. The van der Waals surface area contributed by atoms with E-state index in [9.17, 15) is 15.0 Å². The van der Waals surface area contributed by atoms with Gasteiger partial charge in [-0.3, -0.25) is 4.79 Å². The first-order chi connectivity index (χ1) is 11.6. The van der Waals surface area contributed by atoms with Crippen LogP contribution < -0.4 is 10.5 Å². The van der Waals surface area contributed by atoms with Gasteiger partial charge in [0.15, 0.2) is 11.4 Å².